The van der Waals surface area contributed by atoms with Crippen LogP contribution >= 0.6 is 0 Å². The molecule has 1 N–H and O–H groups in total. The maximum absolute atomic E-state index is 13.0. The number of rotatable bonds is 8. The van der Waals surface area contributed by atoms with Crippen molar-refractivity contribution in [1.82, 2.24) is 5.32 Å². The summed E-state index contributed by atoms with van der Waals surface area (Å²) in [5, 5.41) is 2.87. The lowest BCUT2D eigenvalue weighted by Crippen LogP contribution is -2.67. The van der Waals surface area contributed by atoms with Gasteiger partial charge in [0.15, 0.2) is 18.7 Å². The van der Waals surface area contributed by atoms with Crippen LogP contribution in [0.2, 0.25) is 0 Å². The van der Waals surface area contributed by atoms with E-state index in [1.165, 1.54) is 13.0 Å². The van der Waals surface area contributed by atoms with Gasteiger partial charge in [-0.05, 0) is 17.2 Å². The first-order chi connectivity index (χ1) is 19.1. The Kier molecular flexibility index (Phi) is 8.80. The predicted molar refractivity (Wildman–Crippen MR) is 143 cm³/mol. The van der Waals surface area contributed by atoms with E-state index in [1.54, 1.807) is 6.08 Å². The first kappa shape index (κ1) is 26.8. The van der Waals surface area contributed by atoms with E-state index in [0.29, 0.717) is 0 Å². The smallest absolute Gasteiger partial charge is 0.331 e. The molecule has 2 heterocycles. The number of nitrogens with one attached hydrogen (secondary N) is 1. The molecule has 2 aliphatic rings. The van der Waals surface area contributed by atoms with Crippen molar-refractivity contribution < 1.29 is 33.3 Å². The normalized spacial score (nSPS) is 26.5. The number of carbonyl (C=O) groups excluding carboxylic acids is 2. The van der Waals surface area contributed by atoms with Crippen molar-refractivity contribution in [1.29, 1.82) is 0 Å². The van der Waals surface area contributed by atoms with Gasteiger partial charge in [0.1, 0.15) is 18.2 Å². The number of carbonyl (C=O) groups is 2. The monoisotopic (exact) mass is 529 g/mol. The van der Waals surface area contributed by atoms with Crippen LogP contribution in [0.15, 0.2) is 97.1 Å². The molecule has 0 spiro atoms. The number of esters is 1. The van der Waals surface area contributed by atoms with E-state index in [4.69, 9.17) is 23.7 Å². The highest BCUT2D eigenvalue weighted by Crippen LogP contribution is 2.36. The minimum Gasteiger partial charge on any atom is -0.454 e. The summed E-state index contributed by atoms with van der Waals surface area (Å²) in [7, 11) is 0. The Morgan fingerprint density at radius 3 is 2.28 bits per heavy atom. The molecule has 2 saturated heterocycles. The Hall–Kier alpha value is -3.82. The highest BCUT2D eigenvalue weighted by atomic mass is 16.8. The number of amides is 1. The molecule has 2 fully saturated rings. The zero-order chi connectivity index (χ0) is 27.0. The molecule has 2 aliphatic heterocycles. The van der Waals surface area contributed by atoms with E-state index < -0.39 is 42.9 Å². The van der Waals surface area contributed by atoms with Crippen LogP contribution in [0.3, 0.4) is 0 Å². The van der Waals surface area contributed by atoms with Gasteiger partial charge < -0.3 is 29.0 Å². The van der Waals surface area contributed by atoms with Crippen molar-refractivity contribution in [3.8, 4) is 0 Å². The summed E-state index contributed by atoms with van der Waals surface area (Å²) in [6.07, 6.45) is -0.773. The SMILES string of the molecule is CC(=O)N[C@H]1[C@@H](OCc2ccccc2)O[C@@H]2CO[C@H](c3ccccc3)O[C@H]2[C@H]1OC(=O)C=Cc1ccccc1. The third-order valence-corrected chi connectivity index (χ3v) is 6.50. The Balaban J connectivity index is 1.40. The maximum Gasteiger partial charge on any atom is 0.331 e. The zero-order valence-electron chi connectivity index (χ0n) is 21.6. The molecule has 0 radical (unpaired) electrons. The number of hydrogen-bond acceptors (Lipinski definition) is 7. The van der Waals surface area contributed by atoms with Gasteiger partial charge in [0.05, 0.1) is 13.2 Å². The third-order valence-electron chi connectivity index (χ3n) is 6.50. The van der Waals surface area contributed by atoms with Crippen LogP contribution in [-0.4, -0.2) is 49.1 Å². The molecule has 8 heteroatoms. The van der Waals surface area contributed by atoms with Crippen molar-refractivity contribution in [3.05, 3.63) is 114 Å². The lowest BCUT2D eigenvalue weighted by Gasteiger charge is -2.48. The number of hydrogen-bond donors (Lipinski definition) is 1. The molecule has 0 aromatic heterocycles. The highest BCUT2D eigenvalue weighted by Gasteiger charge is 2.52. The summed E-state index contributed by atoms with van der Waals surface area (Å²) in [6.45, 7) is 1.82. The van der Waals surface area contributed by atoms with Crippen LogP contribution in [0.5, 0.6) is 0 Å². The summed E-state index contributed by atoms with van der Waals surface area (Å²) in [4.78, 5) is 25.3. The van der Waals surface area contributed by atoms with Crippen molar-refractivity contribution in [3.63, 3.8) is 0 Å². The number of fused-ring (bicyclic) bond motifs is 1. The zero-order valence-corrected chi connectivity index (χ0v) is 21.6. The summed E-state index contributed by atoms with van der Waals surface area (Å²) < 4.78 is 30.7. The molecule has 3 aromatic rings. The number of ether oxygens (including phenoxy) is 5. The maximum atomic E-state index is 13.0. The fourth-order valence-corrected chi connectivity index (χ4v) is 4.68. The fourth-order valence-electron chi connectivity index (χ4n) is 4.68. The largest absolute Gasteiger partial charge is 0.454 e. The van der Waals surface area contributed by atoms with Crippen LogP contribution < -0.4 is 5.32 Å². The number of benzene rings is 3. The Bertz CT molecular complexity index is 1250. The second-order valence-corrected chi connectivity index (χ2v) is 9.39. The highest BCUT2D eigenvalue weighted by molar-refractivity contribution is 5.87. The summed E-state index contributed by atoms with van der Waals surface area (Å²) in [5.41, 5.74) is 2.61. The minimum absolute atomic E-state index is 0.191. The van der Waals surface area contributed by atoms with E-state index >= 15 is 0 Å². The van der Waals surface area contributed by atoms with Crippen molar-refractivity contribution in [2.75, 3.05) is 6.61 Å². The second kappa shape index (κ2) is 12.8. The van der Waals surface area contributed by atoms with Crippen molar-refractivity contribution >= 4 is 18.0 Å². The standard InChI is InChI=1S/C31H31NO7/c1-21(33)32-27-29(38-26(34)18-17-22-11-5-2-6-12-22)28-25(20-36-30(39-28)24-15-9-4-10-16-24)37-31(27)35-19-23-13-7-3-8-14-23/h2-18,25,27-31H,19-20H2,1H3,(H,32,33)/t25-,27-,28-,29+,30+,31+/m1/s1. The van der Waals surface area contributed by atoms with Crippen molar-refractivity contribution in [2.24, 2.45) is 0 Å². The van der Waals surface area contributed by atoms with Gasteiger partial charge in [0.2, 0.25) is 5.91 Å². The lowest BCUT2D eigenvalue weighted by molar-refractivity contribution is -0.346. The van der Waals surface area contributed by atoms with Gasteiger partial charge in [-0.1, -0.05) is 91.0 Å². The van der Waals surface area contributed by atoms with Gasteiger partial charge in [0.25, 0.3) is 0 Å². The van der Waals surface area contributed by atoms with Gasteiger partial charge in [-0.3, -0.25) is 4.79 Å². The van der Waals surface area contributed by atoms with E-state index in [9.17, 15) is 9.59 Å². The van der Waals surface area contributed by atoms with Crippen LogP contribution in [0, 0.1) is 0 Å². The molecule has 0 bridgehead atoms. The molecule has 8 nitrogen and oxygen atoms in total. The van der Waals surface area contributed by atoms with E-state index in [1.807, 2.05) is 91.0 Å². The fraction of sp³-hybridized carbons (Fsp3) is 0.290. The van der Waals surface area contributed by atoms with Crippen LogP contribution in [0.1, 0.15) is 29.9 Å². The van der Waals surface area contributed by atoms with Gasteiger partial charge >= 0.3 is 5.97 Å². The topological polar surface area (TPSA) is 92.3 Å². The van der Waals surface area contributed by atoms with Crippen molar-refractivity contribution in [2.45, 2.75) is 50.5 Å². The third kappa shape index (κ3) is 6.99. The molecule has 39 heavy (non-hydrogen) atoms. The average molecular weight is 530 g/mol. The molecule has 202 valence electrons. The van der Waals surface area contributed by atoms with E-state index in [-0.39, 0.29) is 19.1 Å². The van der Waals surface area contributed by atoms with Gasteiger partial charge in [-0.25, -0.2) is 4.79 Å². The van der Waals surface area contributed by atoms with Gasteiger partial charge in [-0.15, -0.1) is 0 Å². The summed E-state index contributed by atoms with van der Waals surface area (Å²) >= 11 is 0. The van der Waals surface area contributed by atoms with Crippen LogP contribution in [-0.2, 0) is 39.9 Å². The predicted octanol–water partition coefficient (Wildman–Crippen LogP) is 4.17. The van der Waals surface area contributed by atoms with Crippen LogP contribution in [0.25, 0.3) is 6.08 Å². The lowest BCUT2D eigenvalue weighted by atomic mass is 9.95. The minimum atomic E-state index is -0.910. The summed E-state index contributed by atoms with van der Waals surface area (Å²) in [5.74, 6) is -0.893. The molecule has 0 saturated carbocycles. The average Bonchev–Trinajstić information content (AvgIpc) is 2.97. The molecular weight excluding hydrogens is 498 g/mol. The van der Waals surface area contributed by atoms with E-state index in [2.05, 4.69) is 5.32 Å². The molecule has 6 atom stereocenters. The van der Waals surface area contributed by atoms with Gasteiger partial charge in [0, 0.05) is 18.6 Å². The Morgan fingerprint density at radius 1 is 0.923 bits per heavy atom. The quantitative estimate of drug-likeness (QED) is 0.346. The molecule has 0 aliphatic carbocycles. The van der Waals surface area contributed by atoms with E-state index in [0.717, 1.165) is 16.7 Å². The van der Waals surface area contributed by atoms with Gasteiger partial charge in [-0.2, -0.15) is 0 Å². The Labute approximate surface area is 227 Å². The molecule has 5 rings (SSSR count). The van der Waals surface area contributed by atoms with Crippen LogP contribution in [0.4, 0.5) is 0 Å². The first-order valence-electron chi connectivity index (χ1n) is 12.9. The Morgan fingerprint density at radius 2 is 1.59 bits per heavy atom. The molecule has 1 amide bonds. The second-order valence-electron chi connectivity index (χ2n) is 9.39. The molecule has 0 unspecified atom stereocenters. The summed E-state index contributed by atoms with van der Waals surface area (Å²) in [6, 6.07) is 27.7. The first-order valence-corrected chi connectivity index (χ1v) is 12.9. The molecular formula is C31H31NO7. The molecule has 3 aromatic carbocycles.